The van der Waals surface area contributed by atoms with E-state index in [4.69, 9.17) is 4.98 Å². The minimum absolute atomic E-state index is 0.652. The SMILES string of the molecule is Cc1cccc(CNc2ccc3ccccc3c2-c2c(P(c3ccccc3)c3ccccc3)ccc3ccccc23)n1. The Morgan fingerprint density at radius 3 is 1.74 bits per heavy atom. The number of nitrogens with one attached hydrogen (secondary N) is 1. The van der Waals surface area contributed by atoms with Crippen LogP contribution >= 0.6 is 7.92 Å². The van der Waals surface area contributed by atoms with E-state index in [1.165, 1.54) is 48.6 Å². The summed E-state index contributed by atoms with van der Waals surface area (Å²) in [7, 11) is -0.829. The van der Waals surface area contributed by atoms with E-state index in [2.05, 4.69) is 151 Å². The average molecular weight is 559 g/mol. The molecule has 0 bridgehead atoms. The largest absolute Gasteiger partial charge is 0.379 e. The second-order valence-corrected chi connectivity index (χ2v) is 12.7. The monoisotopic (exact) mass is 558 g/mol. The van der Waals surface area contributed by atoms with E-state index >= 15 is 0 Å². The molecule has 7 aromatic rings. The van der Waals surface area contributed by atoms with Gasteiger partial charge in [0.15, 0.2) is 0 Å². The fourth-order valence-electron chi connectivity index (χ4n) is 5.86. The first kappa shape index (κ1) is 26.1. The van der Waals surface area contributed by atoms with Gasteiger partial charge in [-0.1, -0.05) is 133 Å². The van der Waals surface area contributed by atoms with Gasteiger partial charge in [0.25, 0.3) is 0 Å². The van der Waals surface area contributed by atoms with Gasteiger partial charge in [0.1, 0.15) is 0 Å². The van der Waals surface area contributed by atoms with E-state index in [0.29, 0.717) is 6.54 Å². The van der Waals surface area contributed by atoms with Crippen molar-refractivity contribution < 1.29 is 0 Å². The van der Waals surface area contributed by atoms with Crippen molar-refractivity contribution in [2.24, 2.45) is 0 Å². The van der Waals surface area contributed by atoms with Crippen LogP contribution in [0.25, 0.3) is 32.7 Å². The molecular formula is C39H31N2P. The highest BCUT2D eigenvalue weighted by atomic mass is 31.1. The van der Waals surface area contributed by atoms with Gasteiger partial charge in [0, 0.05) is 22.5 Å². The number of hydrogen-bond acceptors (Lipinski definition) is 2. The molecule has 0 radical (unpaired) electrons. The van der Waals surface area contributed by atoms with Gasteiger partial charge in [0.05, 0.1) is 12.2 Å². The molecule has 0 unspecified atom stereocenters. The molecule has 2 nitrogen and oxygen atoms in total. The lowest BCUT2D eigenvalue weighted by Crippen LogP contribution is -2.22. The molecule has 202 valence electrons. The lowest BCUT2D eigenvalue weighted by molar-refractivity contribution is 1.02. The third-order valence-corrected chi connectivity index (χ3v) is 10.2. The number of aromatic nitrogens is 1. The molecule has 1 aromatic heterocycles. The van der Waals surface area contributed by atoms with Gasteiger partial charge in [-0.2, -0.15) is 0 Å². The molecule has 7 rings (SSSR count). The maximum atomic E-state index is 4.77. The van der Waals surface area contributed by atoms with Crippen molar-refractivity contribution in [3.05, 3.63) is 163 Å². The standard InChI is InChI=1S/C39H31N2P/c1-28-13-12-16-31(41-28)27-40-36-25-23-29-14-8-10-21-34(29)38(36)39-35-22-11-9-15-30(35)24-26-37(39)42(32-17-4-2-5-18-32)33-19-6-3-7-20-33/h2-26,40H,27H2,1H3. The molecule has 0 aliphatic heterocycles. The zero-order chi connectivity index (χ0) is 28.3. The molecule has 0 spiro atoms. The lowest BCUT2D eigenvalue weighted by atomic mass is 9.92. The summed E-state index contributed by atoms with van der Waals surface area (Å²) in [6.45, 7) is 2.70. The van der Waals surface area contributed by atoms with E-state index in [1.54, 1.807) is 0 Å². The first-order chi connectivity index (χ1) is 20.8. The van der Waals surface area contributed by atoms with Gasteiger partial charge in [-0.3, -0.25) is 4.98 Å². The number of benzene rings is 6. The van der Waals surface area contributed by atoms with Crippen LogP contribution in [-0.4, -0.2) is 4.98 Å². The van der Waals surface area contributed by atoms with Crippen molar-refractivity contribution in [2.75, 3.05) is 5.32 Å². The normalized spacial score (nSPS) is 11.3. The summed E-state index contributed by atoms with van der Waals surface area (Å²) in [5, 5.41) is 12.8. The van der Waals surface area contributed by atoms with E-state index in [0.717, 1.165) is 17.1 Å². The summed E-state index contributed by atoms with van der Waals surface area (Å²) in [5.74, 6) is 0. The highest BCUT2D eigenvalue weighted by molar-refractivity contribution is 7.80. The first-order valence-electron chi connectivity index (χ1n) is 14.4. The van der Waals surface area contributed by atoms with Gasteiger partial charge in [0.2, 0.25) is 0 Å². The fraction of sp³-hybridized carbons (Fsp3) is 0.0513. The zero-order valence-corrected chi connectivity index (χ0v) is 24.4. The fourth-order valence-corrected chi connectivity index (χ4v) is 8.34. The van der Waals surface area contributed by atoms with Crippen LogP contribution in [0.2, 0.25) is 0 Å². The predicted octanol–water partition coefficient (Wildman–Crippen LogP) is 8.73. The van der Waals surface area contributed by atoms with E-state index in [-0.39, 0.29) is 0 Å². The van der Waals surface area contributed by atoms with Crippen LogP contribution in [0.15, 0.2) is 152 Å². The Bertz CT molecular complexity index is 1960. The Labute approximate surface area is 248 Å². The second-order valence-electron chi connectivity index (χ2n) is 10.5. The summed E-state index contributed by atoms with van der Waals surface area (Å²) in [4.78, 5) is 4.77. The highest BCUT2D eigenvalue weighted by Gasteiger charge is 2.24. The molecule has 0 fully saturated rings. The summed E-state index contributed by atoms with van der Waals surface area (Å²) >= 11 is 0. The van der Waals surface area contributed by atoms with Crippen LogP contribution in [0, 0.1) is 6.92 Å². The van der Waals surface area contributed by atoms with Gasteiger partial charge in [-0.15, -0.1) is 0 Å². The van der Waals surface area contributed by atoms with Crippen molar-refractivity contribution in [1.29, 1.82) is 0 Å². The number of hydrogen-bond donors (Lipinski definition) is 1. The summed E-state index contributed by atoms with van der Waals surface area (Å²) < 4.78 is 0. The summed E-state index contributed by atoms with van der Waals surface area (Å²) in [6, 6.07) is 54.9. The number of aryl methyl sites for hydroxylation is 1. The number of pyridine rings is 1. The second kappa shape index (κ2) is 11.6. The number of nitrogens with zero attached hydrogens (tertiary/aromatic N) is 1. The molecule has 0 saturated carbocycles. The topological polar surface area (TPSA) is 24.9 Å². The number of rotatable bonds is 7. The van der Waals surface area contributed by atoms with E-state index in [9.17, 15) is 0 Å². The van der Waals surface area contributed by atoms with Gasteiger partial charge >= 0.3 is 0 Å². The molecule has 1 heterocycles. The Balaban J connectivity index is 1.53. The molecule has 0 aliphatic carbocycles. The lowest BCUT2D eigenvalue weighted by Gasteiger charge is -2.26. The zero-order valence-electron chi connectivity index (χ0n) is 23.5. The molecule has 0 amide bonds. The van der Waals surface area contributed by atoms with E-state index < -0.39 is 7.92 Å². The third kappa shape index (κ3) is 5.07. The minimum atomic E-state index is -0.829. The Kier molecular flexibility index (Phi) is 7.22. The van der Waals surface area contributed by atoms with Gasteiger partial charge in [-0.05, 0) is 70.5 Å². The molecular weight excluding hydrogens is 527 g/mol. The van der Waals surface area contributed by atoms with Gasteiger partial charge in [-0.25, -0.2) is 0 Å². The predicted molar refractivity (Wildman–Crippen MR) is 182 cm³/mol. The molecule has 1 N–H and O–H groups in total. The van der Waals surface area contributed by atoms with Crippen molar-refractivity contribution in [2.45, 2.75) is 13.5 Å². The summed E-state index contributed by atoms with van der Waals surface area (Å²) in [6.07, 6.45) is 0. The van der Waals surface area contributed by atoms with Crippen molar-refractivity contribution in [3.63, 3.8) is 0 Å². The molecule has 0 atom stereocenters. The van der Waals surface area contributed by atoms with Crippen LogP contribution in [0.1, 0.15) is 11.4 Å². The van der Waals surface area contributed by atoms with Crippen LogP contribution < -0.4 is 21.2 Å². The molecule has 3 heteroatoms. The van der Waals surface area contributed by atoms with Gasteiger partial charge < -0.3 is 5.32 Å². The summed E-state index contributed by atoms with van der Waals surface area (Å²) in [5.41, 5.74) is 5.71. The first-order valence-corrected chi connectivity index (χ1v) is 15.7. The number of fused-ring (bicyclic) bond motifs is 2. The molecule has 42 heavy (non-hydrogen) atoms. The maximum absolute atomic E-state index is 4.77. The smallest absolute Gasteiger partial charge is 0.0597 e. The minimum Gasteiger partial charge on any atom is -0.379 e. The molecule has 6 aromatic carbocycles. The van der Waals surface area contributed by atoms with Crippen LogP contribution in [-0.2, 0) is 6.54 Å². The molecule has 0 aliphatic rings. The van der Waals surface area contributed by atoms with Crippen molar-refractivity contribution >= 4 is 51.1 Å². The quantitative estimate of drug-likeness (QED) is 0.198. The third-order valence-electron chi connectivity index (χ3n) is 7.76. The average Bonchev–Trinajstić information content (AvgIpc) is 3.05. The maximum Gasteiger partial charge on any atom is 0.0597 e. The Hall–Kier alpha value is -4.78. The van der Waals surface area contributed by atoms with Crippen LogP contribution in [0.4, 0.5) is 5.69 Å². The van der Waals surface area contributed by atoms with Crippen LogP contribution in [0.5, 0.6) is 0 Å². The highest BCUT2D eigenvalue weighted by Crippen LogP contribution is 2.44. The Morgan fingerprint density at radius 2 is 1.10 bits per heavy atom. The molecule has 0 saturated heterocycles. The van der Waals surface area contributed by atoms with E-state index in [1.807, 2.05) is 13.0 Å². The van der Waals surface area contributed by atoms with Crippen LogP contribution in [0.3, 0.4) is 0 Å². The number of anilines is 1. The van der Waals surface area contributed by atoms with Crippen molar-refractivity contribution in [3.8, 4) is 11.1 Å². The Morgan fingerprint density at radius 1 is 0.524 bits per heavy atom. The van der Waals surface area contributed by atoms with Crippen molar-refractivity contribution in [1.82, 2.24) is 4.98 Å².